The molecular weight excluding hydrogens is 443 g/mol. The van der Waals surface area contributed by atoms with Crippen LogP contribution in [0.25, 0.3) is 16.8 Å². The van der Waals surface area contributed by atoms with Gasteiger partial charge in [0.2, 0.25) is 0 Å². The Hall–Kier alpha value is -3.81. The van der Waals surface area contributed by atoms with Crippen molar-refractivity contribution in [3.63, 3.8) is 0 Å². The van der Waals surface area contributed by atoms with Gasteiger partial charge in [0.1, 0.15) is 17.7 Å². The fourth-order valence-electron chi connectivity index (χ4n) is 4.37. The molecule has 0 bridgehead atoms. The second-order valence-corrected chi connectivity index (χ2v) is 8.41. The minimum Gasteiger partial charge on any atom is -0.493 e. The Balaban J connectivity index is 1.37. The molecule has 5 nitrogen and oxygen atoms in total. The van der Waals surface area contributed by atoms with Crippen molar-refractivity contribution in [3.05, 3.63) is 83.3 Å². The lowest BCUT2D eigenvalue weighted by atomic mass is 9.97. The maximum Gasteiger partial charge on any atom is 0.434 e. The van der Waals surface area contributed by atoms with Gasteiger partial charge in [-0.05, 0) is 47.4 Å². The third-order valence-electron chi connectivity index (χ3n) is 6.26. The average molecular weight is 465 g/mol. The second-order valence-electron chi connectivity index (χ2n) is 8.41. The molecule has 174 valence electrons. The van der Waals surface area contributed by atoms with Crippen LogP contribution in [0.3, 0.4) is 0 Å². The molecule has 1 N–H and O–H groups in total. The topological polar surface area (TPSA) is 55.6 Å². The van der Waals surface area contributed by atoms with Gasteiger partial charge in [-0.1, -0.05) is 24.3 Å². The highest BCUT2D eigenvalue weighted by Crippen LogP contribution is 2.37. The standard InChI is InChI=1S/C26H22F3N3O2/c1-16-17(12-30-20-6-7-22-19(9-10-33)15-34-23(22)11-20)3-2-4-21(16)18-5-8-25-31-24(26(27,28)29)14-32(25)13-18/h2-8,10-11,13-14,19,30H,9,12,15H2,1H3/t19-/m1/s1. The molecule has 0 aliphatic carbocycles. The highest BCUT2D eigenvalue weighted by molar-refractivity contribution is 5.69. The molecule has 5 rings (SSSR count). The summed E-state index contributed by atoms with van der Waals surface area (Å²) in [6.07, 6.45) is -0.426. The highest BCUT2D eigenvalue weighted by atomic mass is 19.4. The second kappa shape index (κ2) is 8.52. The molecule has 2 aromatic carbocycles. The molecule has 0 spiro atoms. The number of rotatable bonds is 6. The van der Waals surface area contributed by atoms with E-state index in [2.05, 4.69) is 10.3 Å². The summed E-state index contributed by atoms with van der Waals surface area (Å²) in [6.45, 7) is 3.09. The SMILES string of the molecule is Cc1c(CNc2ccc3c(c2)OC[C@H]3CC=O)cccc1-c1ccc2nc(C(F)(F)F)cn2c1. The van der Waals surface area contributed by atoms with Crippen LogP contribution in [-0.4, -0.2) is 22.3 Å². The zero-order valence-electron chi connectivity index (χ0n) is 18.4. The van der Waals surface area contributed by atoms with Gasteiger partial charge in [0.15, 0.2) is 5.69 Å². The number of aldehydes is 1. The monoisotopic (exact) mass is 465 g/mol. The molecule has 8 heteroatoms. The van der Waals surface area contributed by atoms with Gasteiger partial charge in [-0.2, -0.15) is 13.2 Å². The van der Waals surface area contributed by atoms with Crippen LogP contribution in [0.4, 0.5) is 18.9 Å². The zero-order chi connectivity index (χ0) is 23.9. The van der Waals surface area contributed by atoms with Crippen molar-refractivity contribution in [2.45, 2.75) is 32.0 Å². The lowest BCUT2D eigenvalue weighted by molar-refractivity contribution is -0.140. The van der Waals surface area contributed by atoms with Gasteiger partial charge in [0, 0.05) is 48.6 Å². The van der Waals surface area contributed by atoms with Crippen molar-refractivity contribution in [2.24, 2.45) is 0 Å². The van der Waals surface area contributed by atoms with Crippen LogP contribution < -0.4 is 10.1 Å². The quantitative estimate of drug-likeness (QED) is 0.355. The first-order valence-electron chi connectivity index (χ1n) is 10.9. The lowest BCUT2D eigenvalue weighted by Crippen LogP contribution is -2.04. The Morgan fingerprint density at radius 1 is 1.18 bits per heavy atom. The molecule has 0 amide bonds. The molecule has 0 radical (unpaired) electrons. The van der Waals surface area contributed by atoms with E-state index < -0.39 is 11.9 Å². The number of fused-ring (bicyclic) bond motifs is 2. The van der Waals surface area contributed by atoms with Crippen molar-refractivity contribution in [2.75, 3.05) is 11.9 Å². The number of anilines is 1. The van der Waals surface area contributed by atoms with Crippen LogP contribution in [0.1, 0.15) is 34.7 Å². The first-order chi connectivity index (χ1) is 16.3. The van der Waals surface area contributed by atoms with E-state index in [1.165, 1.54) is 4.40 Å². The predicted molar refractivity (Wildman–Crippen MR) is 123 cm³/mol. The molecule has 0 unspecified atom stereocenters. The molecule has 4 aromatic rings. The number of hydrogen-bond donors (Lipinski definition) is 1. The largest absolute Gasteiger partial charge is 0.493 e. The van der Waals surface area contributed by atoms with E-state index in [4.69, 9.17) is 4.74 Å². The predicted octanol–water partition coefficient (Wildman–Crippen LogP) is 6.01. The minimum absolute atomic E-state index is 0.112. The molecule has 2 aromatic heterocycles. The molecule has 3 heterocycles. The number of nitrogens with zero attached hydrogens (tertiary/aromatic N) is 2. The van der Waals surface area contributed by atoms with Crippen LogP contribution in [0.15, 0.2) is 60.9 Å². The van der Waals surface area contributed by atoms with Gasteiger partial charge in [0.25, 0.3) is 0 Å². The summed E-state index contributed by atoms with van der Waals surface area (Å²) in [5.74, 6) is 0.912. The van der Waals surface area contributed by atoms with Crippen molar-refractivity contribution in [1.29, 1.82) is 0 Å². The Morgan fingerprint density at radius 2 is 2.03 bits per heavy atom. The Bertz CT molecular complexity index is 1380. The van der Waals surface area contributed by atoms with E-state index in [1.807, 2.05) is 43.3 Å². The van der Waals surface area contributed by atoms with E-state index in [1.54, 1.807) is 18.3 Å². The number of halogens is 3. The Labute approximate surface area is 194 Å². The highest BCUT2D eigenvalue weighted by Gasteiger charge is 2.33. The van der Waals surface area contributed by atoms with Crippen LogP contribution >= 0.6 is 0 Å². The van der Waals surface area contributed by atoms with E-state index in [9.17, 15) is 18.0 Å². The molecule has 1 aliphatic heterocycles. The van der Waals surface area contributed by atoms with Crippen LogP contribution in [0.2, 0.25) is 0 Å². The summed E-state index contributed by atoms with van der Waals surface area (Å²) in [7, 11) is 0. The summed E-state index contributed by atoms with van der Waals surface area (Å²) < 4.78 is 46.2. The first-order valence-corrected chi connectivity index (χ1v) is 10.9. The summed E-state index contributed by atoms with van der Waals surface area (Å²) in [4.78, 5) is 14.5. The normalized spacial score (nSPS) is 15.2. The van der Waals surface area contributed by atoms with E-state index >= 15 is 0 Å². The minimum atomic E-state index is -4.48. The molecule has 0 saturated carbocycles. The first kappa shape index (κ1) is 22.0. The van der Waals surface area contributed by atoms with E-state index in [-0.39, 0.29) is 11.6 Å². The summed E-state index contributed by atoms with van der Waals surface area (Å²) in [6, 6.07) is 15.2. The van der Waals surface area contributed by atoms with Gasteiger partial charge in [-0.3, -0.25) is 0 Å². The fraction of sp³-hybridized carbons (Fsp3) is 0.231. The Morgan fingerprint density at radius 3 is 2.82 bits per heavy atom. The molecule has 0 saturated heterocycles. The van der Waals surface area contributed by atoms with E-state index in [0.29, 0.717) is 19.6 Å². The number of aromatic nitrogens is 2. The number of benzene rings is 2. The fourth-order valence-corrected chi connectivity index (χ4v) is 4.37. The van der Waals surface area contributed by atoms with Crippen molar-refractivity contribution in [1.82, 2.24) is 9.38 Å². The maximum atomic E-state index is 13.0. The number of alkyl halides is 3. The van der Waals surface area contributed by atoms with Gasteiger partial charge in [0.05, 0.1) is 6.61 Å². The van der Waals surface area contributed by atoms with Gasteiger partial charge in [-0.15, -0.1) is 0 Å². The van der Waals surface area contributed by atoms with Gasteiger partial charge in [-0.25, -0.2) is 4.98 Å². The summed E-state index contributed by atoms with van der Waals surface area (Å²) >= 11 is 0. The number of pyridine rings is 1. The van der Waals surface area contributed by atoms with Gasteiger partial charge < -0.3 is 19.2 Å². The van der Waals surface area contributed by atoms with E-state index in [0.717, 1.165) is 51.7 Å². The Kier molecular flexibility index (Phi) is 5.51. The molecule has 1 atom stereocenters. The zero-order valence-corrected chi connectivity index (χ0v) is 18.4. The molecular formula is C26H22F3N3O2. The average Bonchev–Trinajstić information content (AvgIpc) is 3.42. The van der Waals surface area contributed by atoms with Crippen LogP contribution in [0.5, 0.6) is 5.75 Å². The van der Waals surface area contributed by atoms with Crippen molar-refractivity contribution < 1.29 is 22.7 Å². The number of imidazole rings is 1. The molecule has 0 fully saturated rings. The molecule has 34 heavy (non-hydrogen) atoms. The third kappa shape index (κ3) is 4.11. The summed E-state index contributed by atoms with van der Waals surface area (Å²) in [5, 5.41) is 3.42. The maximum absolute atomic E-state index is 13.0. The number of carbonyl (C=O) groups excluding carboxylic acids is 1. The third-order valence-corrected chi connectivity index (χ3v) is 6.26. The smallest absolute Gasteiger partial charge is 0.434 e. The number of nitrogens with one attached hydrogen (secondary N) is 1. The van der Waals surface area contributed by atoms with Crippen LogP contribution in [0, 0.1) is 6.92 Å². The summed E-state index contributed by atoms with van der Waals surface area (Å²) in [5.41, 5.74) is 5.17. The van der Waals surface area contributed by atoms with Crippen LogP contribution in [-0.2, 0) is 17.5 Å². The van der Waals surface area contributed by atoms with Crippen molar-refractivity contribution >= 4 is 17.6 Å². The number of carbonyl (C=O) groups is 1. The number of ether oxygens (including phenoxy) is 1. The molecule has 1 aliphatic rings. The van der Waals surface area contributed by atoms with Crippen molar-refractivity contribution in [3.8, 4) is 16.9 Å². The number of hydrogen-bond acceptors (Lipinski definition) is 4. The van der Waals surface area contributed by atoms with Gasteiger partial charge >= 0.3 is 6.18 Å². The lowest BCUT2D eigenvalue weighted by Gasteiger charge is -2.14.